The third kappa shape index (κ3) is 2.76. The van der Waals surface area contributed by atoms with Gasteiger partial charge in [-0.15, -0.1) is 12.4 Å². The Morgan fingerprint density at radius 1 is 1.35 bits per heavy atom. The quantitative estimate of drug-likeness (QED) is 0.819. The zero-order chi connectivity index (χ0) is 11.8. The van der Waals surface area contributed by atoms with Crippen LogP contribution in [0.5, 0.6) is 5.75 Å². The minimum atomic E-state index is -3.16. The predicted molar refractivity (Wildman–Crippen MR) is 57.5 cm³/mol. The molecule has 1 atom stereocenters. The maximum absolute atomic E-state index is 13.4. The molecule has 0 spiro atoms. The Morgan fingerprint density at radius 3 is 2.53 bits per heavy atom. The number of ether oxygens (including phenoxy) is 1. The molecule has 1 saturated heterocycles. The lowest BCUT2D eigenvalue weighted by Crippen LogP contribution is -2.49. The van der Waals surface area contributed by atoms with Gasteiger partial charge in [0.25, 0.3) is 0 Å². The average Bonchev–Trinajstić information content (AvgIpc) is 2.23. The van der Waals surface area contributed by atoms with Crippen LogP contribution in [0.1, 0.15) is 11.6 Å². The summed E-state index contributed by atoms with van der Waals surface area (Å²) >= 11 is 0. The van der Waals surface area contributed by atoms with Crippen molar-refractivity contribution in [1.82, 2.24) is 5.32 Å². The van der Waals surface area contributed by atoms with Gasteiger partial charge in [0.15, 0.2) is 6.61 Å². The molecule has 0 unspecified atom stereocenters. The lowest BCUT2D eigenvalue weighted by atomic mass is 10.00. The number of cyclic esters (lactones) is 1. The van der Waals surface area contributed by atoms with Crippen molar-refractivity contribution in [2.75, 3.05) is 6.61 Å². The molecule has 0 aromatic heterocycles. The Kier molecular flexibility index (Phi) is 3.77. The van der Waals surface area contributed by atoms with Crippen molar-refractivity contribution < 1.29 is 23.4 Å². The highest BCUT2D eigenvalue weighted by molar-refractivity contribution is 5.85. The molecule has 7 heteroatoms. The normalized spacial score (nSPS) is 22.0. The van der Waals surface area contributed by atoms with Crippen LogP contribution >= 0.6 is 12.4 Å². The maximum Gasteiger partial charge on any atom is 0.408 e. The number of phenolic OH excluding ortho intramolecular Hbond substituents is 1. The summed E-state index contributed by atoms with van der Waals surface area (Å²) in [6, 6.07) is 3.81. The number of rotatable bonds is 1. The summed E-state index contributed by atoms with van der Waals surface area (Å²) in [4.78, 5) is 10.9. The van der Waals surface area contributed by atoms with Crippen LogP contribution in [0.15, 0.2) is 24.3 Å². The number of halogens is 3. The molecule has 94 valence electrons. The predicted octanol–water partition coefficient (Wildman–Crippen LogP) is 2.23. The van der Waals surface area contributed by atoms with E-state index >= 15 is 0 Å². The van der Waals surface area contributed by atoms with Gasteiger partial charge in [0, 0.05) is 0 Å². The van der Waals surface area contributed by atoms with E-state index in [9.17, 15) is 13.6 Å². The molecule has 1 amide bonds. The molecular weight excluding hydrogens is 256 g/mol. The molecule has 1 fully saturated rings. The Labute approximate surface area is 102 Å². The van der Waals surface area contributed by atoms with Crippen LogP contribution in [0.2, 0.25) is 0 Å². The summed E-state index contributed by atoms with van der Waals surface area (Å²) < 4.78 is 31.1. The standard InChI is InChI=1S/C10H9F2NO3.ClH/c11-10(12)5-16-9(15)13-8(10)6-1-3-7(14)4-2-6;/h1-4,8,14H,5H2,(H,13,15);1H/t8-;/m1./s1. The molecule has 0 radical (unpaired) electrons. The molecule has 1 aliphatic rings. The van der Waals surface area contributed by atoms with Crippen LogP contribution < -0.4 is 5.32 Å². The molecule has 1 heterocycles. The zero-order valence-corrected chi connectivity index (χ0v) is 9.34. The number of amides is 1. The average molecular weight is 266 g/mol. The molecule has 1 aromatic carbocycles. The number of hydrogen-bond donors (Lipinski definition) is 2. The van der Waals surface area contributed by atoms with Crippen LogP contribution in [-0.4, -0.2) is 23.7 Å². The fourth-order valence-electron chi connectivity index (χ4n) is 1.50. The van der Waals surface area contributed by atoms with E-state index in [1.165, 1.54) is 24.3 Å². The molecule has 0 aliphatic carbocycles. The fourth-order valence-corrected chi connectivity index (χ4v) is 1.50. The summed E-state index contributed by atoms with van der Waals surface area (Å²) in [6.07, 6.45) is -0.871. The fraction of sp³-hybridized carbons (Fsp3) is 0.300. The van der Waals surface area contributed by atoms with Crippen LogP contribution in [0, 0.1) is 0 Å². The molecule has 1 aromatic rings. The van der Waals surface area contributed by atoms with Gasteiger partial charge in [-0.2, -0.15) is 0 Å². The monoisotopic (exact) mass is 265 g/mol. The third-order valence-electron chi connectivity index (χ3n) is 2.31. The first-order valence-corrected chi connectivity index (χ1v) is 4.59. The van der Waals surface area contributed by atoms with Crippen molar-refractivity contribution in [2.24, 2.45) is 0 Å². The van der Waals surface area contributed by atoms with Crippen molar-refractivity contribution in [1.29, 1.82) is 0 Å². The zero-order valence-electron chi connectivity index (χ0n) is 8.52. The molecule has 4 nitrogen and oxygen atoms in total. The first-order chi connectivity index (χ1) is 7.49. The lowest BCUT2D eigenvalue weighted by molar-refractivity contribution is -0.104. The molecule has 2 rings (SSSR count). The minimum Gasteiger partial charge on any atom is -0.508 e. The number of alkyl halides is 2. The summed E-state index contributed by atoms with van der Waals surface area (Å²) in [5.41, 5.74) is 0.222. The van der Waals surface area contributed by atoms with Gasteiger partial charge >= 0.3 is 12.0 Å². The van der Waals surface area contributed by atoms with Crippen LogP contribution in [-0.2, 0) is 4.74 Å². The largest absolute Gasteiger partial charge is 0.508 e. The summed E-state index contributed by atoms with van der Waals surface area (Å²) in [6.45, 7) is -0.940. The van der Waals surface area contributed by atoms with E-state index in [4.69, 9.17) is 5.11 Å². The highest BCUT2D eigenvalue weighted by Gasteiger charge is 2.46. The summed E-state index contributed by atoms with van der Waals surface area (Å²) in [7, 11) is 0. The molecule has 1 aliphatic heterocycles. The van der Waals surface area contributed by atoms with E-state index in [-0.39, 0.29) is 23.7 Å². The van der Waals surface area contributed by atoms with E-state index in [1.807, 2.05) is 5.32 Å². The first kappa shape index (κ1) is 13.5. The smallest absolute Gasteiger partial charge is 0.408 e. The van der Waals surface area contributed by atoms with Gasteiger partial charge in [-0.3, -0.25) is 0 Å². The van der Waals surface area contributed by atoms with E-state index in [0.717, 1.165) is 0 Å². The highest BCUT2D eigenvalue weighted by Crippen LogP contribution is 2.34. The molecule has 0 bridgehead atoms. The van der Waals surface area contributed by atoms with Gasteiger partial charge < -0.3 is 15.2 Å². The summed E-state index contributed by atoms with van der Waals surface area (Å²) in [5.74, 6) is -3.18. The molecule has 17 heavy (non-hydrogen) atoms. The minimum absolute atomic E-state index is 0. The van der Waals surface area contributed by atoms with Gasteiger partial charge in [0.1, 0.15) is 11.8 Å². The van der Waals surface area contributed by atoms with Gasteiger partial charge in [-0.25, -0.2) is 13.6 Å². The van der Waals surface area contributed by atoms with Crippen molar-refractivity contribution in [3.05, 3.63) is 29.8 Å². The number of phenols is 1. The van der Waals surface area contributed by atoms with Crippen LogP contribution in [0.3, 0.4) is 0 Å². The second kappa shape index (κ2) is 4.75. The lowest BCUT2D eigenvalue weighted by Gasteiger charge is -2.31. The number of carbonyl (C=O) groups excluding carboxylic acids is 1. The number of carbonyl (C=O) groups is 1. The van der Waals surface area contributed by atoms with Crippen LogP contribution in [0.4, 0.5) is 13.6 Å². The Hall–Kier alpha value is -1.56. The second-order valence-electron chi connectivity index (χ2n) is 3.51. The number of hydrogen-bond acceptors (Lipinski definition) is 3. The third-order valence-corrected chi connectivity index (χ3v) is 2.31. The van der Waals surface area contributed by atoms with E-state index < -0.39 is 24.7 Å². The van der Waals surface area contributed by atoms with E-state index in [0.29, 0.717) is 0 Å². The highest BCUT2D eigenvalue weighted by atomic mass is 35.5. The number of nitrogens with one attached hydrogen (secondary N) is 1. The van der Waals surface area contributed by atoms with E-state index in [1.54, 1.807) is 0 Å². The van der Waals surface area contributed by atoms with Gasteiger partial charge in [-0.1, -0.05) is 12.1 Å². The Bertz CT molecular complexity index is 411. The number of aromatic hydroxyl groups is 1. The van der Waals surface area contributed by atoms with Crippen molar-refractivity contribution in [3.8, 4) is 5.75 Å². The Morgan fingerprint density at radius 2 is 1.94 bits per heavy atom. The van der Waals surface area contributed by atoms with Crippen molar-refractivity contribution >= 4 is 18.5 Å². The topological polar surface area (TPSA) is 58.6 Å². The van der Waals surface area contributed by atoms with Crippen molar-refractivity contribution in [3.63, 3.8) is 0 Å². The second-order valence-corrected chi connectivity index (χ2v) is 3.51. The van der Waals surface area contributed by atoms with Crippen molar-refractivity contribution in [2.45, 2.75) is 12.0 Å². The number of benzene rings is 1. The SMILES string of the molecule is Cl.O=C1N[C@H](c2ccc(O)cc2)C(F)(F)CO1. The van der Waals surface area contributed by atoms with E-state index in [2.05, 4.69) is 4.74 Å². The van der Waals surface area contributed by atoms with Crippen LogP contribution in [0.25, 0.3) is 0 Å². The molecule has 2 N–H and O–H groups in total. The molecular formula is C10H10ClF2NO3. The number of alkyl carbamates (subject to hydrolysis) is 1. The Balaban J connectivity index is 0.00000144. The molecule has 0 saturated carbocycles. The first-order valence-electron chi connectivity index (χ1n) is 4.59. The van der Waals surface area contributed by atoms with Gasteiger partial charge in [0.2, 0.25) is 0 Å². The van der Waals surface area contributed by atoms with Gasteiger partial charge in [0.05, 0.1) is 0 Å². The summed E-state index contributed by atoms with van der Waals surface area (Å²) in [5, 5.41) is 11.1. The van der Waals surface area contributed by atoms with Gasteiger partial charge in [-0.05, 0) is 17.7 Å². The maximum atomic E-state index is 13.4.